The highest BCUT2D eigenvalue weighted by Crippen LogP contribution is 2.19. The highest BCUT2D eigenvalue weighted by Gasteiger charge is 2.24. The molecule has 0 aliphatic rings. The van der Waals surface area contributed by atoms with Gasteiger partial charge in [-0.2, -0.15) is 0 Å². The van der Waals surface area contributed by atoms with Gasteiger partial charge in [-0.3, -0.25) is 0 Å². The van der Waals surface area contributed by atoms with Gasteiger partial charge in [-0.1, -0.05) is 0 Å². The number of aromatic nitrogens is 1. The number of carboxylic acids is 1. The van der Waals surface area contributed by atoms with Crippen LogP contribution in [0.15, 0.2) is 17.2 Å². The van der Waals surface area contributed by atoms with Crippen LogP contribution in [0.1, 0.15) is 50.6 Å². The number of hydrogen-bond acceptors (Lipinski definition) is 4. The summed E-state index contributed by atoms with van der Waals surface area (Å²) in [4.78, 5) is 11.1. The van der Waals surface area contributed by atoms with Crippen LogP contribution in [0.2, 0.25) is 0 Å². The Bertz CT molecular complexity index is 604. The van der Waals surface area contributed by atoms with Gasteiger partial charge < -0.3 is 14.8 Å². The molecule has 0 saturated carbocycles. The third-order valence-electron chi connectivity index (χ3n) is 2.96. The molecule has 3 N–H and O–H groups in total. The van der Waals surface area contributed by atoms with Crippen LogP contribution >= 0.6 is 0 Å². The summed E-state index contributed by atoms with van der Waals surface area (Å²) in [6.07, 6.45) is 0.958. The molecule has 7 nitrogen and oxygen atoms in total. The average molecular weight is 318 g/mol. The van der Waals surface area contributed by atoms with Crippen LogP contribution in [-0.2, 0) is 10.0 Å². The van der Waals surface area contributed by atoms with Crippen LogP contribution < -0.4 is 4.72 Å². The molecule has 1 heterocycles. The van der Waals surface area contributed by atoms with Gasteiger partial charge in [0.15, 0.2) is 0 Å². The molecule has 1 rings (SSSR count). The van der Waals surface area contributed by atoms with Crippen LogP contribution in [0.25, 0.3) is 0 Å². The zero-order valence-corrected chi connectivity index (χ0v) is 13.4. The van der Waals surface area contributed by atoms with E-state index in [2.05, 4.69) is 4.72 Å². The highest BCUT2D eigenvalue weighted by atomic mass is 32.2. The standard InChI is InChI=1S/C13H22N2O5S/c1-8(2)15-7-11(6-12(15)13(17)18)21(19,20)14-9(3)5-10(4)16/h6-10,14,16H,5H2,1-4H3,(H,17,18). The molecule has 0 fully saturated rings. The Kier molecular flexibility index (Phi) is 5.54. The van der Waals surface area contributed by atoms with Gasteiger partial charge in [-0.15, -0.1) is 0 Å². The summed E-state index contributed by atoms with van der Waals surface area (Å²) < 4.78 is 28.3. The van der Waals surface area contributed by atoms with E-state index in [1.54, 1.807) is 27.7 Å². The first-order valence-electron chi connectivity index (χ1n) is 6.70. The van der Waals surface area contributed by atoms with E-state index in [9.17, 15) is 18.3 Å². The van der Waals surface area contributed by atoms with Gasteiger partial charge in [-0.05, 0) is 40.2 Å². The maximum Gasteiger partial charge on any atom is 0.352 e. The zero-order valence-electron chi connectivity index (χ0n) is 12.6. The number of carbonyl (C=O) groups is 1. The number of hydrogen-bond donors (Lipinski definition) is 3. The Balaban J connectivity index is 3.09. The van der Waals surface area contributed by atoms with E-state index in [-0.39, 0.29) is 23.1 Å². The Morgan fingerprint density at radius 3 is 2.29 bits per heavy atom. The molecule has 2 atom stereocenters. The lowest BCUT2D eigenvalue weighted by molar-refractivity contribution is 0.0683. The van der Waals surface area contributed by atoms with Crippen LogP contribution in [0.4, 0.5) is 0 Å². The van der Waals surface area contributed by atoms with Crippen LogP contribution in [0, 0.1) is 0 Å². The number of sulfonamides is 1. The maximum atomic E-state index is 12.2. The lowest BCUT2D eigenvalue weighted by Gasteiger charge is -2.15. The number of rotatable bonds is 7. The summed E-state index contributed by atoms with van der Waals surface area (Å²) in [5.74, 6) is -1.18. The predicted octanol–water partition coefficient (Wildman–Crippen LogP) is 1.20. The third-order valence-corrected chi connectivity index (χ3v) is 4.52. The van der Waals surface area contributed by atoms with Gasteiger partial charge in [0.25, 0.3) is 0 Å². The summed E-state index contributed by atoms with van der Waals surface area (Å²) in [6, 6.07) is 0.514. The first kappa shape index (κ1) is 17.7. The fourth-order valence-corrected chi connectivity index (χ4v) is 3.37. The third kappa shape index (κ3) is 4.55. The van der Waals surface area contributed by atoms with Gasteiger partial charge in [0.05, 0.1) is 6.10 Å². The van der Waals surface area contributed by atoms with Crippen molar-refractivity contribution in [2.45, 2.75) is 57.2 Å². The molecule has 1 aromatic heterocycles. The van der Waals surface area contributed by atoms with E-state index < -0.39 is 28.1 Å². The maximum absolute atomic E-state index is 12.2. The van der Waals surface area contributed by atoms with Crippen molar-refractivity contribution >= 4 is 16.0 Å². The number of nitrogens with zero attached hydrogens (tertiary/aromatic N) is 1. The van der Waals surface area contributed by atoms with Crippen molar-refractivity contribution in [3.63, 3.8) is 0 Å². The van der Waals surface area contributed by atoms with Crippen molar-refractivity contribution in [1.29, 1.82) is 0 Å². The smallest absolute Gasteiger partial charge is 0.352 e. The lowest BCUT2D eigenvalue weighted by Crippen LogP contribution is -2.34. The molecular weight excluding hydrogens is 296 g/mol. The SMILES string of the molecule is CC(O)CC(C)NS(=O)(=O)c1cc(C(=O)O)n(C(C)C)c1. The molecule has 8 heteroatoms. The molecule has 0 radical (unpaired) electrons. The second kappa shape index (κ2) is 6.59. The molecule has 0 aliphatic carbocycles. The molecule has 2 unspecified atom stereocenters. The zero-order chi connectivity index (χ0) is 16.4. The molecule has 0 aromatic carbocycles. The van der Waals surface area contributed by atoms with Crippen molar-refractivity contribution < 1.29 is 23.4 Å². The molecule has 0 amide bonds. The number of aliphatic hydroxyl groups excluding tert-OH is 1. The van der Waals surface area contributed by atoms with Gasteiger partial charge in [0.2, 0.25) is 10.0 Å². The summed E-state index contributed by atoms with van der Waals surface area (Å²) in [7, 11) is -3.82. The Labute approximate surface area is 124 Å². The number of aliphatic hydroxyl groups is 1. The predicted molar refractivity (Wildman–Crippen MR) is 77.9 cm³/mol. The summed E-state index contributed by atoms with van der Waals surface area (Å²) in [5.41, 5.74) is -0.0754. The van der Waals surface area contributed by atoms with Crippen molar-refractivity contribution in [2.24, 2.45) is 0 Å². The number of carboxylic acid groups (broad SMARTS) is 1. The quantitative estimate of drug-likeness (QED) is 0.700. The van der Waals surface area contributed by atoms with Crippen molar-refractivity contribution in [3.8, 4) is 0 Å². The summed E-state index contributed by atoms with van der Waals surface area (Å²) in [6.45, 7) is 6.75. The van der Waals surface area contributed by atoms with Crippen molar-refractivity contribution in [3.05, 3.63) is 18.0 Å². The van der Waals surface area contributed by atoms with Gasteiger partial charge >= 0.3 is 5.97 Å². The first-order chi connectivity index (χ1) is 9.54. The topological polar surface area (TPSA) is 109 Å². The normalized spacial score (nSPS) is 15.1. The average Bonchev–Trinajstić information content (AvgIpc) is 2.71. The minimum absolute atomic E-state index is 0.0754. The molecular formula is C13H22N2O5S. The fourth-order valence-electron chi connectivity index (χ4n) is 2.09. The number of aromatic carboxylic acids is 1. The molecule has 0 spiro atoms. The van der Waals surface area contributed by atoms with Gasteiger partial charge in [-0.25, -0.2) is 17.9 Å². The molecule has 0 saturated heterocycles. The lowest BCUT2D eigenvalue weighted by atomic mass is 10.2. The van der Waals surface area contributed by atoms with Gasteiger partial charge in [0, 0.05) is 18.3 Å². The molecule has 1 aromatic rings. The minimum atomic E-state index is -3.82. The van der Waals surface area contributed by atoms with Crippen molar-refractivity contribution in [2.75, 3.05) is 0 Å². The second-order valence-corrected chi connectivity index (χ2v) is 7.19. The monoisotopic (exact) mass is 318 g/mol. The Morgan fingerprint density at radius 2 is 1.90 bits per heavy atom. The largest absolute Gasteiger partial charge is 0.477 e. The molecule has 120 valence electrons. The van der Waals surface area contributed by atoms with Crippen LogP contribution in [0.3, 0.4) is 0 Å². The van der Waals surface area contributed by atoms with E-state index in [4.69, 9.17) is 5.11 Å². The number of nitrogens with one attached hydrogen (secondary N) is 1. The van der Waals surface area contributed by atoms with E-state index >= 15 is 0 Å². The Morgan fingerprint density at radius 1 is 1.33 bits per heavy atom. The van der Waals surface area contributed by atoms with Crippen LogP contribution in [-0.4, -0.2) is 41.3 Å². The summed E-state index contributed by atoms with van der Waals surface area (Å²) in [5, 5.41) is 18.4. The minimum Gasteiger partial charge on any atom is -0.477 e. The van der Waals surface area contributed by atoms with E-state index in [0.717, 1.165) is 6.07 Å². The molecule has 0 aliphatic heterocycles. The van der Waals surface area contributed by atoms with E-state index in [0.29, 0.717) is 0 Å². The van der Waals surface area contributed by atoms with E-state index in [1.165, 1.54) is 10.8 Å². The molecule has 0 bridgehead atoms. The Hall–Kier alpha value is -1.38. The highest BCUT2D eigenvalue weighted by molar-refractivity contribution is 7.89. The van der Waals surface area contributed by atoms with Crippen LogP contribution in [0.5, 0.6) is 0 Å². The first-order valence-corrected chi connectivity index (χ1v) is 8.18. The fraction of sp³-hybridized carbons (Fsp3) is 0.615. The summed E-state index contributed by atoms with van der Waals surface area (Å²) >= 11 is 0. The second-order valence-electron chi connectivity index (χ2n) is 5.47. The van der Waals surface area contributed by atoms with Gasteiger partial charge in [0.1, 0.15) is 10.6 Å². The van der Waals surface area contributed by atoms with Crippen molar-refractivity contribution in [1.82, 2.24) is 9.29 Å². The van der Waals surface area contributed by atoms with E-state index in [1.807, 2.05) is 0 Å². The molecule has 21 heavy (non-hydrogen) atoms.